The second kappa shape index (κ2) is 5.00. The molecule has 0 saturated carbocycles. The average Bonchev–Trinajstić information content (AvgIpc) is 2.45. The molecule has 0 radical (unpaired) electrons. The van der Waals surface area contributed by atoms with Gasteiger partial charge in [-0.15, -0.1) is 11.6 Å². The Balaban J connectivity index is 2.38. The predicted octanol–water partition coefficient (Wildman–Crippen LogP) is 1.19. The van der Waals surface area contributed by atoms with Crippen LogP contribution in [-0.2, 0) is 11.2 Å². The van der Waals surface area contributed by atoms with E-state index in [2.05, 4.69) is 10.3 Å². The Morgan fingerprint density at radius 1 is 1.57 bits per heavy atom. The summed E-state index contributed by atoms with van der Waals surface area (Å²) >= 11 is 5.32. The lowest BCUT2D eigenvalue weighted by molar-refractivity contribution is -0.118. The van der Waals surface area contributed by atoms with Crippen LogP contribution < -0.4 is 5.32 Å². The molecule has 0 aliphatic heterocycles. The van der Waals surface area contributed by atoms with Crippen molar-refractivity contribution in [3.05, 3.63) is 17.3 Å². The summed E-state index contributed by atoms with van der Waals surface area (Å²) < 4.78 is 5.25. The highest BCUT2D eigenvalue weighted by atomic mass is 35.5. The van der Waals surface area contributed by atoms with Gasteiger partial charge in [-0.25, -0.2) is 4.98 Å². The summed E-state index contributed by atoms with van der Waals surface area (Å²) in [4.78, 5) is 15.0. The Kier molecular flexibility index (Phi) is 3.95. The number of aryl methyl sites for hydroxylation is 2. The normalized spacial score (nSPS) is 10.2. The maximum atomic E-state index is 10.8. The van der Waals surface area contributed by atoms with Crippen LogP contribution in [0.4, 0.5) is 0 Å². The van der Waals surface area contributed by atoms with Gasteiger partial charge in [-0.05, 0) is 6.92 Å². The van der Waals surface area contributed by atoms with Crippen LogP contribution in [-0.4, -0.2) is 23.3 Å². The van der Waals surface area contributed by atoms with Crippen molar-refractivity contribution in [2.24, 2.45) is 0 Å². The zero-order valence-corrected chi connectivity index (χ0v) is 9.02. The Hall–Kier alpha value is -1.03. The van der Waals surface area contributed by atoms with E-state index in [1.165, 1.54) is 0 Å². The third-order valence-corrected chi connectivity index (χ3v) is 2.05. The number of rotatable bonds is 4. The molecule has 1 heterocycles. The molecule has 0 aliphatic carbocycles. The minimum absolute atomic E-state index is 0.00315. The van der Waals surface area contributed by atoms with Gasteiger partial charge < -0.3 is 9.73 Å². The predicted molar refractivity (Wildman–Crippen MR) is 53.4 cm³/mol. The molecule has 78 valence electrons. The first-order valence-electron chi connectivity index (χ1n) is 4.39. The number of hydrogen-bond acceptors (Lipinski definition) is 3. The van der Waals surface area contributed by atoms with Crippen LogP contribution in [0, 0.1) is 13.8 Å². The minimum atomic E-state index is -0.162. The fourth-order valence-corrected chi connectivity index (χ4v) is 1.27. The maximum Gasteiger partial charge on any atom is 0.234 e. The summed E-state index contributed by atoms with van der Waals surface area (Å²) in [6, 6.07) is 0. The van der Waals surface area contributed by atoms with Crippen molar-refractivity contribution in [2.75, 3.05) is 12.4 Å². The summed E-state index contributed by atoms with van der Waals surface area (Å²) in [5.41, 5.74) is 0.886. The van der Waals surface area contributed by atoms with Gasteiger partial charge in [0.2, 0.25) is 5.91 Å². The maximum absolute atomic E-state index is 10.8. The first-order chi connectivity index (χ1) is 6.63. The second-order valence-electron chi connectivity index (χ2n) is 2.97. The van der Waals surface area contributed by atoms with Crippen LogP contribution in [0.2, 0.25) is 0 Å². The molecule has 0 saturated heterocycles. The smallest absolute Gasteiger partial charge is 0.234 e. The van der Waals surface area contributed by atoms with Crippen molar-refractivity contribution >= 4 is 17.5 Å². The van der Waals surface area contributed by atoms with E-state index < -0.39 is 0 Å². The first kappa shape index (κ1) is 11.0. The fraction of sp³-hybridized carbons (Fsp3) is 0.556. The average molecular weight is 217 g/mol. The lowest BCUT2D eigenvalue weighted by Crippen LogP contribution is -2.26. The molecule has 4 nitrogen and oxygen atoms in total. The molecule has 5 heteroatoms. The summed E-state index contributed by atoms with van der Waals surface area (Å²) in [6.07, 6.45) is 0.672. The quantitative estimate of drug-likeness (QED) is 0.770. The van der Waals surface area contributed by atoms with E-state index in [4.69, 9.17) is 16.0 Å². The molecule has 1 rings (SSSR count). The number of carbonyl (C=O) groups excluding carboxylic acids is 1. The number of amides is 1. The standard InChI is InChI=1S/C9H13ClN2O2/c1-6-8(12-7(2)14-6)3-4-11-9(13)5-10/h3-5H2,1-2H3,(H,11,13). The minimum Gasteiger partial charge on any atom is -0.446 e. The van der Waals surface area contributed by atoms with Crippen molar-refractivity contribution in [1.29, 1.82) is 0 Å². The number of halogens is 1. The lowest BCUT2D eigenvalue weighted by atomic mass is 10.3. The number of alkyl halides is 1. The van der Waals surface area contributed by atoms with E-state index in [0.29, 0.717) is 18.9 Å². The molecule has 1 N–H and O–H groups in total. The highest BCUT2D eigenvalue weighted by molar-refractivity contribution is 6.27. The SMILES string of the molecule is Cc1nc(CCNC(=O)CCl)c(C)o1. The topological polar surface area (TPSA) is 55.1 Å². The third kappa shape index (κ3) is 3.03. The summed E-state index contributed by atoms with van der Waals surface area (Å²) in [7, 11) is 0. The molecule has 0 spiro atoms. The number of oxazole rings is 1. The molecule has 0 fully saturated rings. The summed E-state index contributed by atoms with van der Waals surface area (Å²) in [6.45, 7) is 4.20. The van der Waals surface area contributed by atoms with Gasteiger partial charge in [0.1, 0.15) is 11.6 Å². The number of nitrogens with zero attached hydrogens (tertiary/aromatic N) is 1. The Morgan fingerprint density at radius 2 is 2.29 bits per heavy atom. The zero-order valence-electron chi connectivity index (χ0n) is 8.26. The van der Waals surface area contributed by atoms with Gasteiger partial charge in [-0.3, -0.25) is 4.79 Å². The number of hydrogen-bond donors (Lipinski definition) is 1. The summed E-state index contributed by atoms with van der Waals surface area (Å²) in [5, 5.41) is 2.66. The van der Waals surface area contributed by atoms with E-state index in [-0.39, 0.29) is 11.8 Å². The third-order valence-electron chi connectivity index (χ3n) is 1.80. The molecule has 1 amide bonds. The van der Waals surface area contributed by atoms with Gasteiger partial charge in [0.15, 0.2) is 5.89 Å². The van der Waals surface area contributed by atoms with E-state index in [9.17, 15) is 4.79 Å². The van der Waals surface area contributed by atoms with Gasteiger partial charge in [0, 0.05) is 19.9 Å². The van der Waals surface area contributed by atoms with Gasteiger partial charge in [-0.2, -0.15) is 0 Å². The van der Waals surface area contributed by atoms with Crippen molar-refractivity contribution in [2.45, 2.75) is 20.3 Å². The second-order valence-corrected chi connectivity index (χ2v) is 3.24. The van der Waals surface area contributed by atoms with Gasteiger partial charge in [0.05, 0.1) is 5.69 Å². The lowest BCUT2D eigenvalue weighted by Gasteiger charge is -2.00. The van der Waals surface area contributed by atoms with E-state index in [1.807, 2.05) is 6.92 Å². The number of aromatic nitrogens is 1. The Labute approximate surface area is 87.6 Å². The highest BCUT2D eigenvalue weighted by Crippen LogP contribution is 2.08. The van der Waals surface area contributed by atoms with Crippen LogP contribution >= 0.6 is 11.6 Å². The van der Waals surface area contributed by atoms with Crippen LogP contribution in [0.25, 0.3) is 0 Å². The molecule has 0 aromatic carbocycles. The first-order valence-corrected chi connectivity index (χ1v) is 4.92. The van der Waals surface area contributed by atoms with Gasteiger partial charge in [-0.1, -0.05) is 0 Å². The molecule has 1 aromatic heterocycles. The van der Waals surface area contributed by atoms with Crippen molar-refractivity contribution in [1.82, 2.24) is 10.3 Å². The van der Waals surface area contributed by atoms with Gasteiger partial charge >= 0.3 is 0 Å². The Morgan fingerprint density at radius 3 is 2.79 bits per heavy atom. The number of nitrogens with one attached hydrogen (secondary N) is 1. The molecule has 0 atom stereocenters. The van der Waals surface area contributed by atoms with Crippen LogP contribution in [0.1, 0.15) is 17.3 Å². The summed E-state index contributed by atoms with van der Waals surface area (Å²) in [5.74, 6) is 1.30. The molecule has 0 unspecified atom stereocenters. The van der Waals surface area contributed by atoms with Crippen molar-refractivity contribution in [3.63, 3.8) is 0 Å². The molecular formula is C9H13ClN2O2. The van der Waals surface area contributed by atoms with Crippen molar-refractivity contribution in [3.8, 4) is 0 Å². The fourth-order valence-electron chi connectivity index (χ4n) is 1.17. The van der Waals surface area contributed by atoms with Crippen LogP contribution in [0.3, 0.4) is 0 Å². The zero-order chi connectivity index (χ0) is 10.6. The van der Waals surface area contributed by atoms with Gasteiger partial charge in [0.25, 0.3) is 0 Å². The number of carbonyl (C=O) groups is 1. The molecular weight excluding hydrogens is 204 g/mol. The molecule has 0 bridgehead atoms. The molecule has 1 aromatic rings. The van der Waals surface area contributed by atoms with Crippen molar-refractivity contribution < 1.29 is 9.21 Å². The highest BCUT2D eigenvalue weighted by Gasteiger charge is 2.06. The van der Waals surface area contributed by atoms with E-state index in [1.54, 1.807) is 6.92 Å². The molecule has 0 aliphatic rings. The monoisotopic (exact) mass is 216 g/mol. The van der Waals surface area contributed by atoms with Crippen LogP contribution in [0.5, 0.6) is 0 Å². The molecule has 14 heavy (non-hydrogen) atoms. The Bertz CT molecular complexity index is 323. The van der Waals surface area contributed by atoms with E-state index in [0.717, 1.165) is 11.5 Å². The van der Waals surface area contributed by atoms with E-state index >= 15 is 0 Å². The largest absolute Gasteiger partial charge is 0.446 e. The van der Waals surface area contributed by atoms with Crippen LogP contribution in [0.15, 0.2) is 4.42 Å².